The summed E-state index contributed by atoms with van der Waals surface area (Å²) < 4.78 is 0. The molecule has 1 aliphatic heterocycles. The molecule has 1 heterocycles. The van der Waals surface area contributed by atoms with Crippen LogP contribution < -0.4 is 16.0 Å². The second kappa shape index (κ2) is 8.49. The standard InChI is InChI=1S/C29H40N4O3/c1-27-13-19-14-28(2,16-27)18-29(15-19,17-27)32-26(36)31-22-7-5-21(6-8-22)25(35)33-11-9-23(10-12-33)30-24(34)20-3-4-20/h5-8,19-20,23H,3-4,9-18H2,1-2H3,(H,30,34)(H2,31,32,36)/t19?,27-,28+,29?. The number of nitrogens with one attached hydrogen (secondary N) is 3. The van der Waals surface area contributed by atoms with E-state index < -0.39 is 0 Å². The van der Waals surface area contributed by atoms with Gasteiger partial charge in [-0.3, -0.25) is 9.59 Å². The Bertz CT molecular complexity index is 1040. The highest BCUT2D eigenvalue weighted by molar-refractivity contribution is 5.95. The van der Waals surface area contributed by atoms with E-state index in [-0.39, 0.29) is 35.3 Å². The lowest BCUT2D eigenvalue weighted by molar-refractivity contribution is -0.123. The number of piperidine rings is 1. The highest BCUT2D eigenvalue weighted by atomic mass is 16.2. The third kappa shape index (κ3) is 4.73. The maximum absolute atomic E-state index is 13.0. The smallest absolute Gasteiger partial charge is 0.319 e. The van der Waals surface area contributed by atoms with Crippen molar-refractivity contribution in [3.05, 3.63) is 29.8 Å². The molecule has 1 aromatic rings. The van der Waals surface area contributed by atoms with Gasteiger partial charge in [0.2, 0.25) is 5.91 Å². The van der Waals surface area contributed by atoms with Crippen LogP contribution in [0.4, 0.5) is 10.5 Å². The van der Waals surface area contributed by atoms with E-state index in [1.165, 1.54) is 19.3 Å². The molecule has 4 bridgehead atoms. The monoisotopic (exact) mass is 492 g/mol. The second-order valence-corrected chi connectivity index (χ2v) is 13.4. The van der Waals surface area contributed by atoms with E-state index in [1.54, 1.807) is 12.1 Å². The molecule has 5 aliphatic carbocycles. The number of carbonyl (C=O) groups is 3. The minimum Gasteiger partial charge on any atom is -0.353 e. The summed E-state index contributed by atoms with van der Waals surface area (Å²) in [4.78, 5) is 39.9. The number of hydrogen-bond donors (Lipinski definition) is 3. The Hall–Kier alpha value is -2.57. The predicted molar refractivity (Wildman–Crippen MR) is 139 cm³/mol. The van der Waals surface area contributed by atoms with Gasteiger partial charge in [0.15, 0.2) is 0 Å². The van der Waals surface area contributed by atoms with Crippen molar-refractivity contribution in [2.75, 3.05) is 18.4 Å². The number of carbonyl (C=O) groups excluding carboxylic acids is 3. The van der Waals surface area contributed by atoms with Crippen LogP contribution in [0.2, 0.25) is 0 Å². The van der Waals surface area contributed by atoms with Crippen LogP contribution in [-0.2, 0) is 4.79 Å². The summed E-state index contributed by atoms with van der Waals surface area (Å²) >= 11 is 0. The average molecular weight is 493 g/mol. The number of benzene rings is 1. The molecular weight excluding hydrogens is 452 g/mol. The molecule has 194 valence electrons. The van der Waals surface area contributed by atoms with Crippen molar-refractivity contribution < 1.29 is 14.4 Å². The van der Waals surface area contributed by atoms with E-state index in [2.05, 4.69) is 29.8 Å². The molecule has 6 fully saturated rings. The maximum Gasteiger partial charge on any atom is 0.319 e. The molecule has 36 heavy (non-hydrogen) atoms. The molecule has 3 N–H and O–H groups in total. The fourth-order valence-electron chi connectivity index (χ4n) is 8.76. The van der Waals surface area contributed by atoms with Crippen molar-refractivity contribution in [2.24, 2.45) is 22.7 Å². The minimum absolute atomic E-state index is 0.00743. The first-order chi connectivity index (χ1) is 17.1. The summed E-state index contributed by atoms with van der Waals surface area (Å²) in [7, 11) is 0. The summed E-state index contributed by atoms with van der Waals surface area (Å²) in [6.07, 6.45) is 10.7. The highest BCUT2D eigenvalue weighted by Gasteiger charge is 2.60. The van der Waals surface area contributed by atoms with Crippen molar-refractivity contribution in [2.45, 2.75) is 89.6 Å². The van der Waals surface area contributed by atoms with Gasteiger partial charge < -0.3 is 20.9 Å². The van der Waals surface area contributed by atoms with Crippen LogP contribution in [0, 0.1) is 22.7 Å². The quantitative estimate of drug-likeness (QED) is 0.557. The summed E-state index contributed by atoms with van der Waals surface area (Å²) in [6.45, 7) is 6.12. The first-order valence-electron chi connectivity index (χ1n) is 13.9. The Morgan fingerprint density at radius 1 is 0.861 bits per heavy atom. The minimum atomic E-state index is -0.140. The molecule has 7 nitrogen and oxygen atoms in total. The molecule has 7 heteroatoms. The predicted octanol–water partition coefficient (Wildman–Crippen LogP) is 4.69. The molecule has 1 aromatic carbocycles. The zero-order valence-corrected chi connectivity index (χ0v) is 21.7. The van der Waals surface area contributed by atoms with Crippen LogP contribution in [0.5, 0.6) is 0 Å². The third-order valence-corrected chi connectivity index (χ3v) is 9.47. The number of likely N-dealkylation sites (tertiary alicyclic amines) is 1. The number of urea groups is 1. The number of rotatable bonds is 5. The van der Waals surface area contributed by atoms with Gasteiger partial charge in [0.05, 0.1) is 0 Å². The van der Waals surface area contributed by atoms with Crippen molar-refractivity contribution >= 4 is 23.5 Å². The van der Waals surface area contributed by atoms with E-state index in [4.69, 9.17) is 0 Å². The molecular formula is C29H40N4O3. The largest absolute Gasteiger partial charge is 0.353 e. The summed E-state index contributed by atoms with van der Waals surface area (Å²) in [5, 5.41) is 9.53. The molecule has 0 spiro atoms. The van der Waals surface area contributed by atoms with E-state index in [9.17, 15) is 14.4 Å². The molecule has 7 rings (SSSR count). The Labute approximate surface area is 214 Å². The molecule has 4 amide bonds. The van der Waals surface area contributed by atoms with Gasteiger partial charge in [-0.2, -0.15) is 0 Å². The van der Waals surface area contributed by atoms with Gasteiger partial charge in [-0.25, -0.2) is 4.79 Å². The first-order valence-corrected chi connectivity index (χ1v) is 13.9. The van der Waals surface area contributed by atoms with E-state index >= 15 is 0 Å². The third-order valence-electron chi connectivity index (χ3n) is 9.47. The van der Waals surface area contributed by atoms with Crippen LogP contribution in [0.25, 0.3) is 0 Å². The Morgan fingerprint density at radius 2 is 1.50 bits per heavy atom. The van der Waals surface area contributed by atoms with Crippen molar-refractivity contribution in [3.63, 3.8) is 0 Å². The molecule has 6 aliphatic rings. The van der Waals surface area contributed by atoms with Gasteiger partial charge >= 0.3 is 6.03 Å². The first kappa shape index (κ1) is 23.8. The van der Waals surface area contributed by atoms with Crippen molar-refractivity contribution in [3.8, 4) is 0 Å². The van der Waals surface area contributed by atoms with Gasteiger partial charge in [0.25, 0.3) is 5.91 Å². The van der Waals surface area contributed by atoms with Crippen LogP contribution in [-0.4, -0.2) is 47.4 Å². The zero-order chi connectivity index (χ0) is 25.1. The van der Waals surface area contributed by atoms with E-state index in [0.717, 1.165) is 50.9 Å². The second-order valence-electron chi connectivity index (χ2n) is 13.4. The molecule has 5 saturated carbocycles. The van der Waals surface area contributed by atoms with Crippen molar-refractivity contribution in [1.29, 1.82) is 0 Å². The van der Waals surface area contributed by atoms with Gasteiger partial charge in [0.1, 0.15) is 0 Å². The highest BCUT2D eigenvalue weighted by Crippen LogP contribution is 2.66. The van der Waals surface area contributed by atoms with Crippen LogP contribution in [0.15, 0.2) is 24.3 Å². The van der Waals surface area contributed by atoms with Gasteiger partial charge in [0, 0.05) is 41.8 Å². The van der Waals surface area contributed by atoms with Gasteiger partial charge in [-0.05, 0) is 105 Å². The molecule has 4 atom stereocenters. The normalized spacial score (nSPS) is 35.4. The fourth-order valence-corrected chi connectivity index (χ4v) is 8.76. The van der Waals surface area contributed by atoms with Crippen LogP contribution in [0.3, 0.4) is 0 Å². The van der Waals surface area contributed by atoms with Gasteiger partial charge in [-0.15, -0.1) is 0 Å². The molecule has 2 unspecified atom stereocenters. The van der Waals surface area contributed by atoms with Gasteiger partial charge in [-0.1, -0.05) is 13.8 Å². The van der Waals surface area contributed by atoms with Crippen LogP contribution >= 0.6 is 0 Å². The number of amides is 4. The zero-order valence-electron chi connectivity index (χ0n) is 21.7. The van der Waals surface area contributed by atoms with E-state index in [1.807, 2.05) is 17.0 Å². The average Bonchev–Trinajstić information content (AvgIpc) is 3.62. The Kier molecular flexibility index (Phi) is 5.61. The number of nitrogens with zero attached hydrogens (tertiary/aromatic N) is 1. The summed E-state index contributed by atoms with van der Waals surface area (Å²) in [5.41, 5.74) is 1.94. The van der Waals surface area contributed by atoms with Crippen LogP contribution in [0.1, 0.15) is 88.4 Å². The lowest BCUT2D eigenvalue weighted by Gasteiger charge is -2.65. The fraction of sp³-hybridized carbons (Fsp3) is 0.690. The topological polar surface area (TPSA) is 90.5 Å². The lowest BCUT2D eigenvalue weighted by Crippen LogP contribution is -2.65. The Morgan fingerprint density at radius 3 is 2.08 bits per heavy atom. The summed E-state index contributed by atoms with van der Waals surface area (Å²) in [6, 6.07) is 7.26. The Balaban J connectivity index is 1.02. The number of hydrogen-bond acceptors (Lipinski definition) is 3. The van der Waals surface area contributed by atoms with E-state index in [0.29, 0.717) is 35.2 Å². The lowest BCUT2D eigenvalue weighted by atomic mass is 9.43. The molecule has 1 saturated heterocycles. The SMILES string of the molecule is C[C@]12CC3CC(NC(=O)Nc4ccc(C(=O)N5CCC(NC(=O)C6CC6)CC5)cc4)(C1)C[C@@](C)(C3)C2. The molecule has 0 radical (unpaired) electrons. The summed E-state index contributed by atoms with van der Waals surface area (Å²) in [5.74, 6) is 1.13. The van der Waals surface area contributed by atoms with Crippen molar-refractivity contribution in [1.82, 2.24) is 15.5 Å². The number of anilines is 1. The molecule has 0 aromatic heterocycles. The maximum atomic E-state index is 13.0.